The standard InChI is InChI=1S/C14H23N5/c1-2-8-16-14(17-15)19-11-9-18(10-12-19)13-6-4-3-5-7-13/h3-7H,2,8-12,15H2,1H3,(H,16,17). The zero-order valence-electron chi connectivity index (χ0n) is 11.5. The van der Waals surface area contributed by atoms with Gasteiger partial charge in [-0.05, 0) is 18.6 Å². The smallest absolute Gasteiger partial charge is 0.208 e. The Morgan fingerprint density at radius 1 is 1.21 bits per heavy atom. The SMILES string of the molecule is CCCN=C(NN)N1CCN(c2ccccc2)CC1. The van der Waals surface area contributed by atoms with E-state index in [0.717, 1.165) is 45.1 Å². The summed E-state index contributed by atoms with van der Waals surface area (Å²) in [6.07, 6.45) is 1.04. The molecule has 5 heteroatoms. The molecule has 1 fully saturated rings. The second-order valence-corrected chi connectivity index (χ2v) is 4.66. The number of para-hydroxylation sites is 1. The maximum absolute atomic E-state index is 5.55. The van der Waals surface area contributed by atoms with E-state index in [2.05, 4.69) is 51.4 Å². The fraction of sp³-hybridized carbons (Fsp3) is 0.500. The molecule has 0 atom stereocenters. The molecule has 1 aromatic carbocycles. The number of guanidine groups is 1. The van der Waals surface area contributed by atoms with Crippen LogP contribution in [0.3, 0.4) is 0 Å². The lowest BCUT2D eigenvalue weighted by Crippen LogP contribution is -2.54. The van der Waals surface area contributed by atoms with Gasteiger partial charge in [0.2, 0.25) is 5.96 Å². The molecule has 5 nitrogen and oxygen atoms in total. The van der Waals surface area contributed by atoms with Crippen LogP contribution >= 0.6 is 0 Å². The Morgan fingerprint density at radius 2 is 1.89 bits per heavy atom. The van der Waals surface area contributed by atoms with Gasteiger partial charge in [-0.25, -0.2) is 5.84 Å². The van der Waals surface area contributed by atoms with Crippen LogP contribution in [0.5, 0.6) is 0 Å². The number of hydrogen-bond acceptors (Lipinski definition) is 3. The molecule has 0 amide bonds. The molecular formula is C14H23N5. The molecule has 3 N–H and O–H groups in total. The quantitative estimate of drug-likeness (QED) is 0.369. The normalized spacial score (nSPS) is 16.6. The Kier molecular flexibility index (Phi) is 5.03. The molecule has 104 valence electrons. The molecular weight excluding hydrogens is 238 g/mol. The summed E-state index contributed by atoms with van der Waals surface area (Å²) in [4.78, 5) is 9.08. The van der Waals surface area contributed by atoms with Gasteiger partial charge in [-0.2, -0.15) is 0 Å². The van der Waals surface area contributed by atoms with Crippen LogP contribution in [0.25, 0.3) is 0 Å². The molecule has 0 bridgehead atoms. The summed E-state index contributed by atoms with van der Waals surface area (Å²) in [5, 5.41) is 0. The number of piperazine rings is 1. The van der Waals surface area contributed by atoms with Gasteiger partial charge >= 0.3 is 0 Å². The molecule has 19 heavy (non-hydrogen) atoms. The zero-order valence-corrected chi connectivity index (χ0v) is 11.5. The third-order valence-corrected chi connectivity index (χ3v) is 3.31. The van der Waals surface area contributed by atoms with Crippen LogP contribution in [-0.4, -0.2) is 43.6 Å². The van der Waals surface area contributed by atoms with E-state index in [-0.39, 0.29) is 0 Å². The first-order valence-corrected chi connectivity index (χ1v) is 6.91. The largest absolute Gasteiger partial charge is 0.368 e. The van der Waals surface area contributed by atoms with Crippen molar-refractivity contribution in [3.8, 4) is 0 Å². The van der Waals surface area contributed by atoms with Crippen molar-refractivity contribution in [3.63, 3.8) is 0 Å². The van der Waals surface area contributed by atoms with E-state index in [4.69, 9.17) is 5.84 Å². The number of benzene rings is 1. The van der Waals surface area contributed by atoms with E-state index >= 15 is 0 Å². The highest BCUT2D eigenvalue weighted by Gasteiger charge is 2.19. The molecule has 0 saturated carbocycles. The number of anilines is 1. The van der Waals surface area contributed by atoms with Gasteiger partial charge in [0.25, 0.3) is 0 Å². The average molecular weight is 261 g/mol. The lowest BCUT2D eigenvalue weighted by Gasteiger charge is -2.37. The van der Waals surface area contributed by atoms with E-state index in [1.807, 2.05) is 6.07 Å². The number of nitrogens with two attached hydrogens (primary N) is 1. The van der Waals surface area contributed by atoms with E-state index in [0.29, 0.717) is 0 Å². The van der Waals surface area contributed by atoms with Crippen LogP contribution in [0.2, 0.25) is 0 Å². The summed E-state index contributed by atoms with van der Waals surface area (Å²) >= 11 is 0. The Hall–Kier alpha value is -1.75. The minimum atomic E-state index is 0.814. The first-order chi connectivity index (χ1) is 9.35. The monoisotopic (exact) mass is 261 g/mol. The molecule has 1 aliphatic heterocycles. The van der Waals surface area contributed by atoms with E-state index in [9.17, 15) is 0 Å². The molecule has 1 aromatic rings. The second-order valence-electron chi connectivity index (χ2n) is 4.66. The van der Waals surface area contributed by atoms with Crippen LogP contribution in [0, 0.1) is 0 Å². The van der Waals surface area contributed by atoms with Gasteiger partial charge in [-0.3, -0.25) is 10.4 Å². The number of hydrazine groups is 1. The molecule has 1 heterocycles. The third kappa shape index (κ3) is 3.61. The molecule has 0 aliphatic carbocycles. The lowest BCUT2D eigenvalue weighted by molar-refractivity contribution is 0.372. The summed E-state index contributed by atoms with van der Waals surface area (Å²) in [7, 11) is 0. The second kappa shape index (κ2) is 6.99. The number of nitrogens with zero attached hydrogens (tertiary/aromatic N) is 3. The van der Waals surface area contributed by atoms with Gasteiger partial charge in [0, 0.05) is 38.4 Å². The number of hydrogen-bond donors (Lipinski definition) is 2. The van der Waals surface area contributed by atoms with Crippen molar-refractivity contribution in [1.82, 2.24) is 10.3 Å². The van der Waals surface area contributed by atoms with Crippen LogP contribution in [-0.2, 0) is 0 Å². The van der Waals surface area contributed by atoms with Crippen molar-refractivity contribution in [2.75, 3.05) is 37.6 Å². The van der Waals surface area contributed by atoms with Gasteiger partial charge < -0.3 is 9.80 Å². The van der Waals surface area contributed by atoms with Crippen LogP contribution in [0.1, 0.15) is 13.3 Å². The van der Waals surface area contributed by atoms with Crippen LogP contribution < -0.4 is 16.2 Å². The Labute approximate surface area is 115 Å². The van der Waals surface area contributed by atoms with Gasteiger partial charge in [0.15, 0.2) is 0 Å². The van der Waals surface area contributed by atoms with Gasteiger partial charge in [0.1, 0.15) is 0 Å². The first kappa shape index (κ1) is 13.7. The minimum Gasteiger partial charge on any atom is -0.368 e. The molecule has 0 unspecified atom stereocenters. The maximum atomic E-state index is 5.55. The highest BCUT2D eigenvalue weighted by molar-refractivity contribution is 5.79. The van der Waals surface area contributed by atoms with E-state index < -0.39 is 0 Å². The fourth-order valence-electron chi connectivity index (χ4n) is 2.27. The molecule has 0 aromatic heterocycles. The van der Waals surface area contributed by atoms with Crippen molar-refractivity contribution in [3.05, 3.63) is 30.3 Å². The van der Waals surface area contributed by atoms with Gasteiger partial charge in [-0.15, -0.1) is 0 Å². The topological polar surface area (TPSA) is 56.9 Å². The fourth-order valence-corrected chi connectivity index (χ4v) is 2.27. The lowest BCUT2D eigenvalue weighted by atomic mass is 10.2. The highest BCUT2D eigenvalue weighted by atomic mass is 15.4. The van der Waals surface area contributed by atoms with E-state index in [1.54, 1.807) is 0 Å². The predicted octanol–water partition coefficient (Wildman–Crippen LogP) is 1.04. The molecule has 1 aliphatic rings. The Bertz CT molecular complexity index is 396. The van der Waals surface area contributed by atoms with Gasteiger partial charge in [0.05, 0.1) is 0 Å². The first-order valence-electron chi connectivity index (χ1n) is 6.91. The van der Waals surface area contributed by atoms with Crippen molar-refractivity contribution in [2.24, 2.45) is 10.8 Å². The highest BCUT2D eigenvalue weighted by Crippen LogP contribution is 2.15. The minimum absolute atomic E-state index is 0.814. The summed E-state index contributed by atoms with van der Waals surface area (Å²) in [5.41, 5.74) is 4.01. The van der Waals surface area contributed by atoms with Crippen molar-refractivity contribution < 1.29 is 0 Å². The van der Waals surface area contributed by atoms with E-state index in [1.165, 1.54) is 5.69 Å². The Balaban J connectivity index is 1.91. The summed E-state index contributed by atoms with van der Waals surface area (Å²) in [5.74, 6) is 6.37. The van der Waals surface area contributed by atoms with Crippen molar-refractivity contribution in [2.45, 2.75) is 13.3 Å². The van der Waals surface area contributed by atoms with Crippen LogP contribution in [0.15, 0.2) is 35.3 Å². The summed E-state index contributed by atoms with van der Waals surface area (Å²) in [6, 6.07) is 10.5. The Morgan fingerprint density at radius 3 is 2.47 bits per heavy atom. The number of nitrogens with one attached hydrogen (secondary N) is 1. The zero-order chi connectivity index (χ0) is 13.5. The average Bonchev–Trinajstić information content (AvgIpc) is 2.49. The van der Waals surface area contributed by atoms with Crippen molar-refractivity contribution in [1.29, 1.82) is 0 Å². The molecule has 2 rings (SSSR count). The molecule has 0 radical (unpaired) electrons. The summed E-state index contributed by atoms with van der Waals surface area (Å²) in [6.45, 7) is 6.82. The van der Waals surface area contributed by atoms with Gasteiger partial charge in [-0.1, -0.05) is 25.1 Å². The predicted molar refractivity (Wildman–Crippen MR) is 80.1 cm³/mol. The number of aliphatic imine (C=N–C) groups is 1. The van der Waals surface area contributed by atoms with Crippen molar-refractivity contribution >= 4 is 11.6 Å². The summed E-state index contributed by atoms with van der Waals surface area (Å²) < 4.78 is 0. The molecule has 1 saturated heterocycles. The third-order valence-electron chi connectivity index (χ3n) is 3.31. The maximum Gasteiger partial charge on any atom is 0.208 e. The van der Waals surface area contributed by atoms with Crippen LogP contribution in [0.4, 0.5) is 5.69 Å². The number of rotatable bonds is 3. The molecule has 0 spiro atoms.